The molecule has 0 saturated carbocycles. The molecule has 1 aromatic heterocycles. The molecule has 1 N–H and O–H groups in total. The van der Waals surface area contributed by atoms with Crippen LogP contribution in [0.25, 0.3) is 22.0 Å². The number of aromatic nitrogens is 2. The first-order chi connectivity index (χ1) is 22.0. The Labute approximate surface area is 266 Å². The Kier molecular flexibility index (Phi) is 8.77. The summed E-state index contributed by atoms with van der Waals surface area (Å²) in [4.78, 5) is 8.42. The molecule has 0 bridgehead atoms. The molecule has 240 valence electrons. The van der Waals surface area contributed by atoms with E-state index in [4.69, 9.17) is 5.10 Å². The minimum Gasteiger partial charge on any atom is -0.349 e. The van der Waals surface area contributed by atoms with Gasteiger partial charge in [0.1, 0.15) is 18.0 Å². The van der Waals surface area contributed by atoms with Crippen LogP contribution in [0.2, 0.25) is 0 Å². The molecule has 6 nitrogen and oxygen atoms in total. The van der Waals surface area contributed by atoms with Crippen LogP contribution in [0.5, 0.6) is 0 Å². The second-order valence-corrected chi connectivity index (χ2v) is 12.3. The first-order valence-corrected chi connectivity index (χ1v) is 15.5. The highest BCUT2D eigenvalue weighted by atomic mass is 19.4. The molecule has 0 radical (unpaired) electrons. The molecule has 0 amide bonds. The third-order valence-corrected chi connectivity index (χ3v) is 8.86. The van der Waals surface area contributed by atoms with Gasteiger partial charge in [0.05, 0.1) is 23.3 Å². The van der Waals surface area contributed by atoms with Gasteiger partial charge in [-0.1, -0.05) is 43.0 Å². The summed E-state index contributed by atoms with van der Waals surface area (Å²) in [6, 6.07) is 8.23. The van der Waals surface area contributed by atoms with Crippen LogP contribution in [-0.4, -0.2) is 58.8 Å². The molecule has 4 heterocycles. The maximum atomic E-state index is 14.7. The number of nitrogens with one attached hydrogen (secondary N) is 1. The number of hydrogen-bond donors (Lipinski definition) is 1. The van der Waals surface area contributed by atoms with Crippen molar-refractivity contribution in [2.75, 3.05) is 27.2 Å². The van der Waals surface area contributed by atoms with E-state index in [0.29, 0.717) is 41.1 Å². The summed E-state index contributed by atoms with van der Waals surface area (Å²) in [5, 5.41) is 8.21. The molecular weight excluding hydrogens is 592 g/mol. The van der Waals surface area contributed by atoms with Crippen LogP contribution in [0.3, 0.4) is 0 Å². The van der Waals surface area contributed by atoms with Crippen LogP contribution in [0.4, 0.5) is 17.6 Å². The highest BCUT2D eigenvalue weighted by molar-refractivity contribution is 5.92. The Morgan fingerprint density at radius 1 is 1.20 bits per heavy atom. The lowest BCUT2D eigenvalue weighted by Gasteiger charge is -2.30. The fraction of sp³-hybridized carbons (Fsp3) is 0.361. The van der Waals surface area contributed by atoms with E-state index in [0.717, 1.165) is 36.2 Å². The summed E-state index contributed by atoms with van der Waals surface area (Å²) in [5.41, 5.74) is 7.57. The molecule has 3 aromatic rings. The average Bonchev–Trinajstić information content (AvgIpc) is 3.64. The van der Waals surface area contributed by atoms with Crippen molar-refractivity contribution in [1.82, 2.24) is 24.9 Å². The lowest BCUT2D eigenvalue weighted by atomic mass is 9.94. The fourth-order valence-electron chi connectivity index (χ4n) is 6.50. The Hall–Kier alpha value is -4.40. The largest absolute Gasteiger partial charge is 0.417 e. The van der Waals surface area contributed by atoms with Crippen molar-refractivity contribution in [3.8, 4) is 11.1 Å². The van der Waals surface area contributed by atoms with Gasteiger partial charge in [0.25, 0.3) is 0 Å². The molecule has 1 fully saturated rings. The number of alkyl halides is 4. The third-order valence-electron chi connectivity index (χ3n) is 8.86. The molecular formula is C36H38F4N6. The van der Waals surface area contributed by atoms with E-state index in [1.165, 1.54) is 12.3 Å². The highest BCUT2D eigenvalue weighted by Crippen LogP contribution is 2.43. The van der Waals surface area contributed by atoms with Gasteiger partial charge in [0, 0.05) is 49.1 Å². The van der Waals surface area contributed by atoms with Gasteiger partial charge in [-0.3, -0.25) is 4.68 Å². The van der Waals surface area contributed by atoms with Gasteiger partial charge >= 0.3 is 6.18 Å². The van der Waals surface area contributed by atoms with E-state index in [2.05, 4.69) is 27.5 Å². The Bertz CT molecular complexity index is 1800. The Morgan fingerprint density at radius 2 is 1.98 bits per heavy atom. The number of aryl methyl sites for hydroxylation is 1. The molecule has 0 spiro atoms. The predicted octanol–water partition coefficient (Wildman–Crippen LogP) is 7.86. The quantitative estimate of drug-likeness (QED) is 0.204. The van der Waals surface area contributed by atoms with Crippen LogP contribution in [0.1, 0.15) is 48.4 Å². The number of hydrogen-bond acceptors (Lipinski definition) is 5. The van der Waals surface area contributed by atoms with E-state index >= 15 is 0 Å². The van der Waals surface area contributed by atoms with E-state index in [1.807, 2.05) is 68.5 Å². The number of fused-ring (bicyclic) bond motifs is 2. The molecule has 1 unspecified atom stereocenters. The van der Waals surface area contributed by atoms with Gasteiger partial charge in [-0.2, -0.15) is 18.3 Å². The molecule has 1 saturated heterocycles. The zero-order valence-corrected chi connectivity index (χ0v) is 26.3. The van der Waals surface area contributed by atoms with Crippen molar-refractivity contribution in [1.29, 1.82) is 0 Å². The minimum atomic E-state index is -4.62. The molecule has 0 aliphatic carbocycles. The summed E-state index contributed by atoms with van der Waals surface area (Å²) < 4.78 is 60.5. The van der Waals surface area contributed by atoms with Crippen molar-refractivity contribution < 1.29 is 17.6 Å². The normalized spacial score (nSPS) is 18.7. The summed E-state index contributed by atoms with van der Waals surface area (Å²) in [6.45, 7) is 6.85. The maximum absolute atomic E-state index is 14.7. The number of amidine groups is 1. The highest BCUT2D eigenvalue weighted by Gasteiger charge is 2.38. The van der Waals surface area contributed by atoms with Crippen molar-refractivity contribution in [2.24, 2.45) is 4.99 Å². The van der Waals surface area contributed by atoms with Gasteiger partial charge in [-0.15, -0.1) is 5.73 Å². The fourth-order valence-corrected chi connectivity index (χ4v) is 6.50. The SMILES string of the molecule is C=C=C(NC1=NC=CCC1)C(C1=C2C[C@@H](F)CN2C=CC1)n1cc2c(C(F)(F)F)cc(-c3ccc(CCN(C)C)cc3)c(C)c2n1. The zero-order valence-electron chi connectivity index (χ0n) is 26.3. The Morgan fingerprint density at radius 3 is 2.65 bits per heavy atom. The van der Waals surface area contributed by atoms with E-state index < -0.39 is 24.0 Å². The number of nitrogens with zero attached hydrogens (tertiary/aromatic N) is 5. The van der Waals surface area contributed by atoms with E-state index in [-0.39, 0.29) is 23.9 Å². The molecule has 3 aliphatic heterocycles. The molecule has 2 atom stereocenters. The van der Waals surface area contributed by atoms with Crippen LogP contribution >= 0.6 is 0 Å². The van der Waals surface area contributed by atoms with Crippen LogP contribution in [-0.2, 0) is 12.6 Å². The standard InChI is InChI=1S/C36H38F4N6/c1-5-31(42-33-10-6-7-16-41-33)35(27-9-8-17-45-21-26(37)19-32(27)45)46-22-29-30(36(38,39)40)20-28(23(2)34(29)43-46)25-13-11-24(12-14-25)15-18-44(3)4/h7-8,11-14,16-17,20,22,26,35H,1,6,9-10,15,18-19,21H2,2-4H3,(H,41,42)/t26-,35?/m1/s1. The average molecular weight is 631 g/mol. The van der Waals surface area contributed by atoms with Gasteiger partial charge in [0.2, 0.25) is 0 Å². The lowest BCUT2D eigenvalue weighted by Crippen LogP contribution is -2.31. The first-order valence-electron chi connectivity index (χ1n) is 15.5. The topological polar surface area (TPSA) is 48.7 Å². The molecule has 2 aromatic carbocycles. The summed E-state index contributed by atoms with van der Waals surface area (Å²) in [7, 11) is 4.01. The number of rotatable bonds is 8. The second-order valence-electron chi connectivity index (χ2n) is 12.3. The van der Waals surface area contributed by atoms with Crippen molar-refractivity contribution >= 4 is 16.7 Å². The number of halogens is 4. The monoisotopic (exact) mass is 630 g/mol. The Balaban J connectivity index is 1.50. The van der Waals surface area contributed by atoms with Crippen molar-refractivity contribution in [2.45, 2.75) is 57.4 Å². The molecule has 10 heteroatoms. The van der Waals surface area contributed by atoms with Crippen LogP contribution in [0.15, 0.2) is 95.4 Å². The number of benzene rings is 2. The maximum Gasteiger partial charge on any atom is 0.417 e. The smallest absolute Gasteiger partial charge is 0.349 e. The summed E-state index contributed by atoms with van der Waals surface area (Å²) >= 11 is 0. The van der Waals surface area contributed by atoms with Gasteiger partial charge < -0.3 is 15.1 Å². The third kappa shape index (κ3) is 6.32. The van der Waals surface area contributed by atoms with Crippen LogP contribution in [0, 0.1) is 6.92 Å². The minimum absolute atomic E-state index is 0.00584. The summed E-state index contributed by atoms with van der Waals surface area (Å²) in [6.07, 6.45) is 6.30. The van der Waals surface area contributed by atoms with Crippen molar-refractivity contribution in [3.05, 3.63) is 107 Å². The number of allylic oxidation sites excluding steroid dienone is 4. The molecule has 46 heavy (non-hydrogen) atoms. The van der Waals surface area contributed by atoms with Gasteiger partial charge in [-0.25, -0.2) is 9.38 Å². The first kappa shape index (κ1) is 31.6. The lowest BCUT2D eigenvalue weighted by molar-refractivity contribution is -0.136. The van der Waals surface area contributed by atoms with E-state index in [9.17, 15) is 17.6 Å². The van der Waals surface area contributed by atoms with Crippen molar-refractivity contribution in [3.63, 3.8) is 0 Å². The molecule has 6 rings (SSSR count). The van der Waals surface area contributed by atoms with Crippen LogP contribution < -0.4 is 5.32 Å². The predicted molar refractivity (Wildman–Crippen MR) is 175 cm³/mol. The number of likely N-dealkylation sites (N-methyl/N-ethyl adjacent to an activating group) is 1. The molecule has 3 aliphatic rings. The summed E-state index contributed by atoms with van der Waals surface area (Å²) in [5.74, 6) is 0.697. The number of aliphatic imine (C=N–C) groups is 1. The zero-order chi connectivity index (χ0) is 32.6. The van der Waals surface area contributed by atoms with E-state index in [1.54, 1.807) is 10.9 Å². The van der Waals surface area contributed by atoms with Gasteiger partial charge in [-0.05, 0) is 74.2 Å². The van der Waals surface area contributed by atoms with Gasteiger partial charge in [0.15, 0.2) is 0 Å². The second kappa shape index (κ2) is 12.8.